The third-order valence-electron chi connectivity index (χ3n) is 22.9. The van der Waals surface area contributed by atoms with Crippen molar-refractivity contribution in [3.8, 4) is 0 Å². The Morgan fingerprint density at radius 2 is 1.28 bits per heavy atom. The molecule has 0 radical (unpaired) electrons. The number of aliphatic hydroxyl groups excluding tert-OH is 12. The summed E-state index contributed by atoms with van der Waals surface area (Å²) in [5, 5.41) is 142. The molecule has 0 unspecified atom stereocenters. The normalized spacial score (nSPS) is 52.1. The Labute approximate surface area is 494 Å². The fourth-order valence-corrected chi connectivity index (χ4v) is 17.5. The number of amides is 1. The molecule has 10 aliphatic rings. The van der Waals surface area contributed by atoms with E-state index in [2.05, 4.69) is 59.9 Å². The van der Waals surface area contributed by atoms with Crippen molar-refractivity contribution in [3.63, 3.8) is 0 Å². The SMILES string of the molecule is CC(=O)N[C@H]1[C@H](O[C@H]2CC[C@]3(C)[C@H]4CC=C5[C@H]6CC(C)(C)CC[C@]6(C(=O)O[C@@H]6O[C@H](CO)[C@@H](O)[C@H](O)[C@H]6O[C@@H]6OC[C@@](O)(CO)[C@H]6O)CC[C@@]5(C)[C@]4(C)CC[C@H]3C2(C)C)O[C@H](CO[C@@H]2OC[C@H](O)[C@H](O)[C@H]2O)[C@@H](O)[C@@H]1O[C@@H]1OC[C@@H](O)[C@H](O)[C@H]1O. The first-order valence-corrected chi connectivity index (χ1v) is 30.5. The van der Waals surface area contributed by atoms with Gasteiger partial charge in [-0.3, -0.25) is 9.59 Å². The van der Waals surface area contributed by atoms with E-state index in [-0.39, 0.29) is 46.0 Å². The van der Waals surface area contributed by atoms with Gasteiger partial charge in [-0.25, -0.2) is 0 Å². The second kappa shape index (κ2) is 24.1. The van der Waals surface area contributed by atoms with Gasteiger partial charge in [-0.15, -0.1) is 0 Å². The molecular weight excluding hydrogens is 1120 g/mol. The van der Waals surface area contributed by atoms with Crippen LogP contribution in [0.2, 0.25) is 0 Å². The van der Waals surface area contributed by atoms with Crippen molar-refractivity contribution in [2.24, 2.45) is 50.2 Å². The number of carbonyl (C=O) groups excluding carboxylic acids is 2. The zero-order valence-electron chi connectivity index (χ0n) is 50.0. The van der Waals surface area contributed by atoms with Crippen molar-refractivity contribution in [3.05, 3.63) is 11.6 Å². The van der Waals surface area contributed by atoms with Gasteiger partial charge in [0.2, 0.25) is 12.2 Å². The Bertz CT molecular complexity index is 2420. The van der Waals surface area contributed by atoms with E-state index in [4.69, 9.17) is 47.4 Å². The fourth-order valence-electron chi connectivity index (χ4n) is 17.5. The molecule has 0 aromatic rings. The summed E-state index contributed by atoms with van der Waals surface area (Å²) in [6.07, 6.45) is -21.5. The summed E-state index contributed by atoms with van der Waals surface area (Å²) in [5.41, 5.74) is -3.55. The summed E-state index contributed by atoms with van der Waals surface area (Å²) in [5.74, 6) is -1.15. The standard InChI is InChI=1S/C59H95NO25/c1-26(63)60-36-44(83-49-43(72)38(67)30(65)22-77-49)40(69)32(23-78-48-42(71)37(66)29(64)21-76-48)81-47(36)82-35-12-13-55(6)33(54(35,4)5)11-14-57(8)34(55)10-9-27-28-19-53(2,3)15-17-58(28,18-16-56(27,57)7)52(74)85-50-45(41(70)39(68)31(20-61)80-50)84-51-46(73)59(75,24-62)25-79-51/h9,28-51,61-62,64-73,75H,10-25H2,1-8H3,(H,60,63)/t28-,29+,30-,31-,32-,33+,34-,35+,36-,37+,38+,39-,40-,41+,42-,43-,44-,45-,46+,47+,48+,49+,50+,51+,55+,56-,57-,58+,59+/m1/s1. The van der Waals surface area contributed by atoms with Gasteiger partial charge >= 0.3 is 5.97 Å². The molecule has 1 amide bonds. The number of rotatable bonds is 14. The molecule has 85 heavy (non-hydrogen) atoms. The van der Waals surface area contributed by atoms with Crippen LogP contribution in [0.25, 0.3) is 0 Å². The van der Waals surface area contributed by atoms with Gasteiger partial charge in [0.15, 0.2) is 31.3 Å². The summed E-state index contributed by atoms with van der Waals surface area (Å²) in [6.45, 7) is 13.8. The Morgan fingerprint density at radius 1 is 0.647 bits per heavy atom. The molecule has 5 saturated heterocycles. The molecule has 26 nitrogen and oxygen atoms in total. The van der Waals surface area contributed by atoms with Crippen molar-refractivity contribution < 1.29 is 123 Å². The summed E-state index contributed by atoms with van der Waals surface area (Å²) in [6, 6.07) is -1.25. The molecule has 5 aliphatic carbocycles. The summed E-state index contributed by atoms with van der Waals surface area (Å²) >= 11 is 0. The van der Waals surface area contributed by atoms with Crippen molar-refractivity contribution >= 4 is 11.9 Å². The maximum atomic E-state index is 15.3. The lowest BCUT2D eigenvalue weighted by molar-refractivity contribution is -0.348. The molecule has 0 bridgehead atoms. The van der Waals surface area contributed by atoms with E-state index >= 15 is 4.79 Å². The quantitative estimate of drug-likeness (QED) is 0.0501. The molecule has 14 N–H and O–H groups in total. The minimum atomic E-state index is -2.08. The highest BCUT2D eigenvalue weighted by Crippen LogP contribution is 2.76. The van der Waals surface area contributed by atoms with Crippen LogP contribution in [0.4, 0.5) is 0 Å². The smallest absolute Gasteiger partial charge is 0.315 e. The van der Waals surface area contributed by atoms with Gasteiger partial charge < -0.3 is 119 Å². The molecular formula is C59H95NO25. The van der Waals surface area contributed by atoms with E-state index in [9.17, 15) is 71.2 Å². The van der Waals surface area contributed by atoms with Crippen LogP contribution in [0, 0.1) is 50.2 Å². The van der Waals surface area contributed by atoms with Crippen molar-refractivity contribution in [1.29, 1.82) is 0 Å². The predicted molar refractivity (Wildman–Crippen MR) is 289 cm³/mol. The Kier molecular flexibility index (Phi) is 18.7. The van der Waals surface area contributed by atoms with E-state index < -0.39 is 190 Å². The van der Waals surface area contributed by atoms with Gasteiger partial charge in [0.1, 0.15) is 91.0 Å². The topological polar surface area (TPSA) is 401 Å². The number of ether oxygens (including phenoxy) is 10. The van der Waals surface area contributed by atoms with Gasteiger partial charge in [-0.05, 0) is 109 Å². The maximum Gasteiger partial charge on any atom is 0.315 e. The third-order valence-corrected chi connectivity index (χ3v) is 22.9. The number of hydrogen-bond acceptors (Lipinski definition) is 25. The molecule has 0 spiro atoms. The minimum absolute atomic E-state index is 0.0714. The fraction of sp³-hybridized carbons (Fsp3) is 0.932. The highest BCUT2D eigenvalue weighted by atomic mass is 16.8. The van der Waals surface area contributed by atoms with E-state index in [1.54, 1.807) is 0 Å². The van der Waals surface area contributed by atoms with E-state index in [1.807, 2.05) is 0 Å². The van der Waals surface area contributed by atoms with Crippen LogP contribution in [-0.2, 0) is 57.0 Å². The zero-order chi connectivity index (χ0) is 61.9. The van der Waals surface area contributed by atoms with Crippen LogP contribution in [0.3, 0.4) is 0 Å². The lowest BCUT2D eigenvalue weighted by Gasteiger charge is -2.71. The first-order chi connectivity index (χ1) is 39.8. The van der Waals surface area contributed by atoms with Gasteiger partial charge in [-0.1, -0.05) is 60.1 Å². The third kappa shape index (κ3) is 11.3. The Morgan fingerprint density at radius 3 is 1.93 bits per heavy atom. The molecule has 29 atom stereocenters. The van der Waals surface area contributed by atoms with E-state index in [0.717, 1.165) is 25.7 Å². The van der Waals surface area contributed by atoms with Crippen LogP contribution in [-0.4, -0.2) is 253 Å². The van der Waals surface area contributed by atoms with E-state index in [0.29, 0.717) is 38.5 Å². The van der Waals surface area contributed by atoms with Gasteiger partial charge in [0.25, 0.3) is 0 Å². The average molecular weight is 1220 g/mol. The van der Waals surface area contributed by atoms with Crippen molar-refractivity contribution in [1.82, 2.24) is 5.32 Å². The number of fused-ring (bicyclic) bond motifs is 7. The lowest BCUT2D eigenvalue weighted by atomic mass is 9.33. The molecule has 0 aromatic heterocycles. The first-order valence-electron chi connectivity index (χ1n) is 30.5. The lowest BCUT2D eigenvalue weighted by Crippen LogP contribution is -2.69. The summed E-state index contributed by atoms with van der Waals surface area (Å²) in [4.78, 5) is 28.4. The Hall–Kier alpha value is -2.20. The second-order valence-corrected chi connectivity index (χ2v) is 28.6. The highest BCUT2D eigenvalue weighted by Gasteiger charge is 2.70. The van der Waals surface area contributed by atoms with Crippen LogP contribution in [0.15, 0.2) is 11.6 Å². The summed E-state index contributed by atoms with van der Waals surface area (Å²) in [7, 11) is 0. The van der Waals surface area contributed by atoms with Crippen LogP contribution < -0.4 is 5.32 Å². The molecule has 0 aromatic carbocycles. The van der Waals surface area contributed by atoms with Gasteiger partial charge in [0, 0.05) is 6.92 Å². The molecule has 5 aliphatic heterocycles. The average Bonchev–Trinajstić information content (AvgIpc) is 1.03. The van der Waals surface area contributed by atoms with E-state index in [1.165, 1.54) is 12.5 Å². The molecule has 5 heterocycles. The van der Waals surface area contributed by atoms with Crippen LogP contribution in [0.5, 0.6) is 0 Å². The summed E-state index contributed by atoms with van der Waals surface area (Å²) < 4.78 is 60.6. The number of carbonyl (C=O) groups is 2. The van der Waals surface area contributed by atoms with Crippen molar-refractivity contribution in [2.75, 3.05) is 39.6 Å². The van der Waals surface area contributed by atoms with Crippen LogP contribution in [0.1, 0.15) is 120 Å². The number of allylic oxidation sites excluding steroid dienone is 2. The maximum absolute atomic E-state index is 15.3. The number of esters is 1. The highest BCUT2D eigenvalue weighted by molar-refractivity contribution is 5.79. The number of hydrogen-bond donors (Lipinski definition) is 14. The van der Waals surface area contributed by atoms with Gasteiger partial charge in [0.05, 0.1) is 51.2 Å². The predicted octanol–water partition coefficient (Wildman–Crippen LogP) is -2.15. The Balaban J connectivity index is 0.904. The first kappa shape index (κ1) is 65.7. The zero-order valence-corrected chi connectivity index (χ0v) is 50.0. The van der Waals surface area contributed by atoms with Crippen LogP contribution >= 0.6 is 0 Å². The second-order valence-electron chi connectivity index (χ2n) is 28.6. The molecule has 486 valence electrons. The monoisotopic (exact) mass is 1220 g/mol. The number of aliphatic hydroxyl groups is 13. The largest absolute Gasteiger partial charge is 0.432 e. The molecule has 9 fully saturated rings. The molecule has 26 heteroatoms. The number of nitrogens with one attached hydrogen (secondary N) is 1. The molecule has 10 rings (SSSR count). The minimum Gasteiger partial charge on any atom is -0.432 e. The van der Waals surface area contributed by atoms with Gasteiger partial charge in [-0.2, -0.15) is 0 Å². The molecule has 4 saturated carbocycles. The van der Waals surface area contributed by atoms with Crippen molar-refractivity contribution in [2.45, 2.75) is 254 Å².